The molecular weight excluding hydrogens is 224 g/mol. The summed E-state index contributed by atoms with van der Waals surface area (Å²) < 4.78 is 0. The van der Waals surface area contributed by atoms with Crippen LogP contribution in [0, 0.1) is 0 Å². The summed E-state index contributed by atoms with van der Waals surface area (Å²) in [5.41, 5.74) is 7.21. The molecule has 2 rings (SSSR count). The molecule has 1 aromatic heterocycles. The first-order valence-electron chi connectivity index (χ1n) is 6.71. The van der Waals surface area contributed by atoms with E-state index >= 15 is 0 Å². The Labute approximate surface area is 110 Å². The summed E-state index contributed by atoms with van der Waals surface area (Å²) in [6.45, 7) is 4.20. The lowest BCUT2D eigenvalue weighted by Crippen LogP contribution is -2.38. The summed E-state index contributed by atoms with van der Waals surface area (Å²) >= 11 is 0. The van der Waals surface area contributed by atoms with Gasteiger partial charge < -0.3 is 15.5 Å². The van der Waals surface area contributed by atoms with Crippen LogP contribution in [-0.4, -0.2) is 43.1 Å². The smallest absolute Gasteiger partial charge is 0.133 e. The molecule has 1 aromatic rings. The molecule has 0 amide bonds. The fourth-order valence-electron chi connectivity index (χ4n) is 2.73. The van der Waals surface area contributed by atoms with Crippen LogP contribution in [0.1, 0.15) is 31.4 Å². The number of hydrogen-bond acceptors (Lipinski definition) is 4. The Morgan fingerprint density at radius 3 is 3.00 bits per heavy atom. The van der Waals surface area contributed by atoms with Gasteiger partial charge in [0.15, 0.2) is 0 Å². The van der Waals surface area contributed by atoms with E-state index in [-0.39, 0.29) is 6.04 Å². The normalized spacial score (nSPS) is 21.6. The van der Waals surface area contributed by atoms with Crippen molar-refractivity contribution in [1.29, 1.82) is 0 Å². The molecule has 1 aliphatic heterocycles. The monoisotopic (exact) mass is 248 g/mol. The van der Waals surface area contributed by atoms with E-state index in [2.05, 4.69) is 34.9 Å². The molecule has 1 fully saturated rings. The molecule has 0 spiro atoms. The van der Waals surface area contributed by atoms with Gasteiger partial charge in [-0.3, -0.25) is 0 Å². The highest BCUT2D eigenvalue weighted by molar-refractivity contribution is 5.50. The number of hydrogen-bond donors (Lipinski definition) is 1. The minimum absolute atomic E-state index is 0.0364. The summed E-state index contributed by atoms with van der Waals surface area (Å²) in [4.78, 5) is 9.24. The van der Waals surface area contributed by atoms with Gasteiger partial charge in [0, 0.05) is 36.9 Å². The van der Waals surface area contributed by atoms with Crippen molar-refractivity contribution in [1.82, 2.24) is 9.88 Å². The zero-order chi connectivity index (χ0) is 13.1. The van der Waals surface area contributed by atoms with Crippen molar-refractivity contribution in [2.24, 2.45) is 5.73 Å². The SMILES string of the molecule is CC(N)c1cccnc1N1CCCC1CN(C)C. The van der Waals surface area contributed by atoms with Crippen LogP contribution in [0.15, 0.2) is 18.3 Å². The van der Waals surface area contributed by atoms with Crippen LogP contribution in [0.4, 0.5) is 5.82 Å². The Balaban J connectivity index is 2.24. The Morgan fingerprint density at radius 2 is 2.33 bits per heavy atom. The van der Waals surface area contributed by atoms with Gasteiger partial charge >= 0.3 is 0 Å². The molecular formula is C14H24N4. The molecule has 100 valence electrons. The molecule has 4 heteroatoms. The Kier molecular flexibility index (Phi) is 4.19. The second-order valence-electron chi connectivity index (χ2n) is 5.46. The zero-order valence-electron chi connectivity index (χ0n) is 11.6. The van der Waals surface area contributed by atoms with E-state index in [1.54, 1.807) is 0 Å². The van der Waals surface area contributed by atoms with Gasteiger partial charge in [0.2, 0.25) is 0 Å². The average molecular weight is 248 g/mol. The Bertz CT molecular complexity index is 389. The number of nitrogens with zero attached hydrogens (tertiary/aromatic N) is 3. The molecule has 2 N–H and O–H groups in total. The highest BCUT2D eigenvalue weighted by atomic mass is 15.3. The number of likely N-dealkylation sites (N-methyl/N-ethyl adjacent to an activating group) is 1. The van der Waals surface area contributed by atoms with Crippen LogP contribution in [0.3, 0.4) is 0 Å². The molecule has 1 saturated heterocycles. The fraction of sp³-hybridized carbons (Fsp3) is 0.643. The first-order chi connectivity index (χ1) is 8.59. The maximum Gasteiger partial charge on any atom is 0.133 e. The largest absolute Gasteiger partial charge is 0.352 e. The summed E-state index contributed by atoms with van der Waals surface area (Å²) in [6.07, 6.45) is 4.35. The molecule has 1 aliphatic rings. The summed E-state index contributed by atoms with van der Waals surface area (Å²) in [7, 11) is 4.25. The van der Waals surface area contributed by atoms with Crippen molar-refractivity contribution >= 4 is 5.82 Å². The fourth-order valence-corrected chi connectivity index (χ4v) is 2.73. The van der Waals surface area contributed by atoms with E-state index in [0.29, 0.717) is 6.04 Å². The highest BCUT2D eigenvalue weighted by Crippen LogP contribution is 2.29. The first-order valence-corrected chi connectivity index (χ1v) is 6.71. The van der Waals surface area contributed by atoms with E-state index in [1.165, 1.54) is 12.8 Å². The van der Waals surface area contributed by atoms with E-state index < -0.39 is 0 Å². The number of rotatable bonds is 4. The standard InChI is InChI=1S/C14H24N4/c1-11(15)13-7-4-8-16-14(13)18-9-5-6-12(18)10-17(2)3/h4,7-8,11-12H,5-6,9-10,15H2,1-3H3. The van der Waals surface area contributed by atoms with Crippen LogP contribution < -0.4 is 10.6 Å². The summed E-state index contributed by atoms with van der Waals surface area (Å²) in [6, 6.07) is 4.67. The van der Waals surface area contributed by atoms with Gasteiger partial charge in [0.1, 0.15) is 5.82 Å². The van der Waals surface area contributed by atoms with Crippen LogP contribution in [0.2, 0.25) is 0 Å². The third-order valence-electron chi connectivity index (χ3n) is 3.53. The summed E-state index contributed by atoms with van der Waals surface area (Å²) in [5.74, 6) is 1.08. The lowest BCUT2D eigenvalue weighted by molar-refractivity contribution is 0.371. The van der Waals surface area contributed by atoms with Crippen molar-refractivity contribution in [2.75, 3.05) is 32.1 Å². The molecule has 2 atom stereocenters. The van der Waals surface area contributed by atoms with Crippen LogP contribution in [-0.2, 0) is 0 Å². The van der Waals surface area contributed by atoms with Crippen molar-refractivity contribution in [3.05, 3.63) is 23.9 Å². The molecule has 4 nitrogen and oxygen atoms in total. The van der Waals surface area contributed by atoms with Gasteiger partial charge in [-0.2, -0.15) is 0 Å². The molecule has 0 aromatic carbocycles. The van der Waals surface area contributed by atoms with Gasteiger partial charge in [0.25, 0.3) is 0 Å². The minimum Gasteiger partial charge on any atom is -0.352 e. The molecule has 2 unspecified atom stereocenters. The average Bonchev–Trinajstić information content (AvgIpc) is 2.76. The van der Waals surface area contributed by atoms with Gasteiger partial charge in [-0.1, -0.05) is 6.07 Å². The van der Waals surface area contributed by atoms with E-state index in [1.807, 2.05) is 19.2 Å². The van der Waals surface area contributed by atoms with E-state index in [4.69, 9.17) is 5.73 Å². The Hall–Kier alpha value is -1.13. The van der Waals surface area contributed by atoms with Gasteiger partial charge in [-0.05, 0) is 39.9 Å². The molecule has 18 heavy (non-hydrogen) atoms. The number of nitrogens with two attached hydrogens (primary N) is 1. The second-order valence-corrected chi connectivity index (χ2v) is 5.46. The zero-order valence-corrected chi connectivity index (χ0v) is 11.6. The predicted molar refractivity (Wildman–Crippen MR) is 75.8 cm³/mol. The lowest BCUT2D eigenvalue weighted by Gasteiger charge is -2.30. The molecule has 0 aliphatic carbocycles. The van der Waals surface area contributed by atoms with Gasteiger partial charge in [-0.15, -0.1) is 0 Å². The minimum atomic E-state index is 0.0364. The maximum atomic E-state index is 6.05. The topological polar surface area (TPSA) is 45.4 Å². The lowest BCUT2D eigenvalue weighted by atomic mass is 10.1. The van der Waals surface area contributed by atoms with Gasteiger partial charge in [-0.25, -0.2) is 4.98 Å². The van der Waals surface area contributed by atoms with E-state index in [0.717, 1.165) is 24.5 Å². The van der Waals surface area contributed by atoms with Crippen molar-refractivity contribution < 1.29 is 0 Å². The van der Waals surface area contributed by atoms with Crippen molar-refractivity contribution in [2.45, 2.75) is 31.8 Å². The molecule has 0 saturated carbocycles. The number of anilines is 1. The molecule has 2 heterocycles. The first kappa shape index (κ1) is 13.3. The predicted octanol–water partition coefficient (Wildman–Crippen LogP) is 1.63. The Morgan fingerprint density at radius 1 is 1.56 bits per heavy atom. The number of pyridine rings is 1. The molecule has 0 bridgehead atoms. The van der Waals surface area contributed by atoms with E-state index in [9.17, 15) is 0 Å². The number of aromatic nitrogens is 1. The van der Waals surface area contributed by atoms with Crippen LogP contribution in [0.5, 0.6) is 0 Å². The quantitative estimate of drug-likeness (QED) is 0.879. The van der Waals surface area contributed by atoms with Crippen molar-refractivity contribution in [3.8, 4) is 0 Å². The maximum absolute atomic E-state index is 6.05. The third-order valence-corrected chi connectivity index (χ3v) is 3.53. The van der Waals surface area contributed by atoms with Crippen molar-refractivity contribution in [3.63, 3.8) is 0 Å². The molecule has 0 radical (unpaired) electrons. The van der Waals surface area contributed by atoms with Crippen LogP contribution in [0.25, 0.3) is 0 Å². The van der Waals surface area contributed by atoms with Crippen LogP contribution >= 0.6 is 0 Å². The highest BCUT2D eigenvalue weighted by Gasteiger charge is 2.28. The van der Waals surface area contributed by atoms with Gasteiger partial charge in [0.05, 0.1) is 0 Å². The second kappa shape index (κ2) is 5.67. The summed E-state index contributed by atoms with van der Waals surface area (Å²) in [5, 5.41) is 0. The third kappa shape index (κ3) is 2.82.